The Balaban J connectivity index is 2.10. The van der Waals surface area contributed by atoms with E-state index in [1.807, 2.05) is 6.92 Å². The highest BCUT2D eigenvalue weighted by molar-refractivity contribution is 6.46. The Kier molecular flexibility index (Phi) is 6.90. The van der Waals surface area contributed by atoms with E-state index in [9.17, 15) is 9.90 Å². The number of anilines is 1. The first-order chi connectivity index (χ1) is 12.3. The largest absolute Gasteiger partial charge is 0.507 e. The average molecular weight is 418 g/mol. The van der Waals surface area contributed by atoms with E-state index < -0.39 is 5.91 Å². The molecule has 0 saturated carbocycles. The number of amides is 1. The Labute approximate surface area is 164 Å². The van der Waals surface area contributed by atoms with E-state index >= 15 is 0 Å². The number of phenols is 1. The highest BCUT2D eigenvalue weighted by Gasteiger charge is 2.19. The summed E-state index contributed by atoms with van der Waals surface area (Å²) in [5, 5.41) is 13.4. The van der Waals surface area contributed by atoms with Gasteiger partial charge < -0.3 is 15.6 Å². The number of pyridine rings is 1. The first-order valence-corrected chi connectivity index (χ1v) is 8.57. The van der Waals surface area contributed by atoms with Gasteiger partial charge in [-0.15, -0.1) is 0 Å². The quantitative estimate of drug-likeness (QED) is 0.375. The molecule has 4 N–H and O–H groups in total. The van der Waals surface area contributed by atoms with Crippen molar-refractivity contribution in [1.82, 2.24) is 10.4 Å². The Morgan fingerprint density at radius 1 is 1.38 bits per heavy atom. The number of hydrogen-bond donors (Lipinski definition) is 3. The van der Waals surface area contributed by atoms with Gasteiger partial charge in [-0.3, -0.25) is 4.79 Å². The molecule has 2 aromatic rings. The SMILES string of the molecule is CCCOc1ccc(C=NNC(=O)c2nc(Cl)c(Cl)c(N)c2Cl)c(O)c1. The van der Waals surface area contributed by atoms with Crippen molar-refractivity contribution in [2.75, 3.05) is 12.3 Å². The highest BCUT2D eigenvalue weighted by Crippen LogP contribution is 2.34. The van der Waals surface area contributed by atoms with Crippen LogP contribution in [0.15, 0.2) is 23.3 Å². The summed E-state index contributed by atoms with van der Waals surface area (Å²) < 4.78 is 5.40. The fourth-order valence-electron chi connectivity index (χ4n) is 1.84. The van der Waals surface area contributed by atoms with E-state index in [1.165, 1.54) is 12.3 Å². The zero-order chi connectivity index (χ0) is 19.3. The minimum atomic E-state index is -0.737. The van der Waals surface area contributed by atoms with Crippen molar-refractivity contribution >= 4 is 52.6 Å². The Bertz CT molecular complexity index is 859. The maximum Gasteiger partial charge on any atom is 0.291 e. The second kappa shape index (κ2) is 8.93. The summed E-state index contributed by atoms with van der Waals surface area (Å²) in [4.78, 5) is 15.9. The van der Waals surface area contributed by atoms with Crippen molar-refractivity contribution in [3.8, 4) is 11.5 Å². The molecule has 0 spiro atoms. The fraction of sp³-hybridized carbons (Fsp3) is 0.188. The van der Waals surface area contributed by atoms with Crippen LogP contribution in [0, 0.1) is 0 Å². The van der Waals surface area contributed by atoms with Crippen LogP contribution >= 0.6 is 34.8 Å². The summed E-state index contributed by atoms with van der Waals surface area (Å²) in [7, 11) is 0. The van der Waals surface area contributed by atoms with Crippen molar-refractivity contribution in [2.45, 2.75) is 13.3 Å². The number of halogens is 3. The highest BCUT2D eigenvalue weighted by atomic mass is 35.5. The maximum atomic E-state index is 12.1. The summed E-state index contributed by atoms with van der Waals surface area (Å²) in [5.74, 6) is -0.252. The third kappa shape index (κ3) is 4.69. The number of aromatic nitrogens is 1. The maximum absolute atomic E-state index is 12.1. The molecule has 0 aliphatic heterocycles. The molecule has 0 aliphatic rings. The van der Waals surface area contributed by atoms with Crippen molar-refractivity contribution < 1.29 is 14.6 Å². The number of nitrogens with two attached hydrogens (primary N) is 1. The minimum absolute atomic E-state index is 0.0352. The summed E-state index contributed by atoms with van der Waals surface area (Å²) in [6.07, 6.45) is 2.11. The molecule has 0 bridgehead atoms. The Morgan fingerprint density at radius 3 is 2.77 bits per heavy atom. The number of carbonyl (C=O) groups is 1. The van der Waals surface area contributed by atoms with Gasteiger partial charge in [-0.05, 0) is 18.6 Å². The number of carbonyl (C=O) groups excluding carboxylic acids is 1. The number of aromatic hydroxyl groups is 1. The first-order valence-electron chi connectivity index (χ1n) is 7.44. The molecule has 7 nitrogen and oxygen atoms in total. The lowest BCUT2D eigenvalue weighted by Gasteiger charge is -2.08. The monoisotopic (exact) mass is 416 g/mol. The van der Waals surface area contributed by atoms with Crippen LogP contribution in [0.4, 0.5) is 5.69 Å². The number of rotatable bonds is 6. The Hall–Kier alpha value is -2.22. The number of ether oxygens (including phenoxy) is 1. The second-order valence-corrected chi connectivity index (χ2v) is 6.18. The van der Waals surface area contributed by atoms with E-state index in [1.54, 1.807) is 12.1 Å². The average Bonchev–Trinajstić information content (AvgIpc) is 2.62. The third-order valence-corrected chi connectivity index (χ3v) is 4.27. The van der Waals surface area contributed by atoms with Gasteiger partial charge in [0, 0.05) is 11.6 Å². The predicted molar refractivity (Wildman–Crippen MR) is 103 cm³/mol. The lowest BCUT2D eigenvalue weighted by molar-refractivity contribution is 0.0950. The molecule has 1 heterocycles. The van der Waals surface area contributed by atoms with E-state index in [2.05, 4.69) is 15.5 Å². The van der Waals surface area contributed by atoms with Crippen molar-refractivity contribution in [2.24, 2.45) is 5.10 Å². The van der Waals surface area contributed by atoms with Crippen LogP contribution < -0.4 is 15.9 Å². The second-order valence-electron chi connectivity index (χ2n) is 5.06. The molecule has 138 valence electrons. The van der Waals surface area contributed by atoms with Gasteiger partial charge in [0.25, 0.3) is 5.91 Å². The molecule has 0 atom stereocenters. The lowest BCUT2D eigenvalue weighted by Crippen LogP contribution is -2.20. The number of hydrogen-bond acceptors (Lipinski definition) is 6. The van der Waals surface area contributed by atoms with Crippen LogP contribution in [0.25, 0.3) is 0 Å². The molecule has 10 heteroatoms. The van der Waals surface area contributed by atoms with Gasteiger partial charge in [0.2, 0.25) is 0 Å². The van der Waals surface area contributed by atoms with Crippen LogP contribution in [-0.4, -0.2) is 28.8 Å². The van der Waals surface area contributed by atoms with Crippen LogP contribution in [0.3, 0.4) is 0 Å². The zero-order valence-corrected chi connectivity index (χ0v) is 15.9. The molecule has 1 aromatic heterocycles. The number of hydrazone groups is 1. The Morgan fingerprint density at radius 2 is 2.12 bits per heavy atom. The standard InChI is InChI=1S/C16H15Cl3N4O3/c1-2-5-26-9-4-3-8(10(24)6-9)7-21-23-16(25)14-11(17)13(20)12(18)15(19)22-14/h3-4,6-7,24H,2,5H2,1H3,(H2,20,22)(H,23,25). The topological polar surface area (TPSA) is 110 Å². The van der Waals surface area contributed by atoms with Gasteiger partial charge in [-0.25, -0.2) is 10.4 Å². The number of nitrogens with zero attached hydrogens (tertiary/aromatic N) is 2. The molecule has 26 heavy (non-hydrogen) atoms. The van der Waals surface area contributed by atoms with Crippen LogP contribution in [0.2, 0.25) is 15.2 Å². The van der Waals surface area contributed by atoms with Gasteiger partial charge in [0.1, 0.15) is 16.5 Å². The van der Waals surface area contributed by atoms with Crippen LogP contribution in [-0.2, 0) is 0 Å². The molecule has 0 radical (unpaired) electrons. The summed E-state index contributed by atoms with van der Waals surface area (Å²) in [5.41, 5.74) is 7.98. The molecule has 2 rings (SSSR count). The van der Waals surface area contributed by atoms with Crippen molar-refractivity contribution in [1.29, 1.82) is 0 Å². The number of benzene rings is 1. The molecule has 0 saturated heterocycles. The van der Waals surface area contributed by atoms with E-state index in [0.29, 0.717) is 17.9 Å². The molecule has 0 unspecified atom stereocenters. The van der Waals surface area contributed by atoms with Crippen LogP contribution in [0.5, 0.6) is 11.5 Å². The summed E-state index contributed by atoms with van der Waals surface area (Å²) >= 11 is 17.5. The van der Waals surface area contributed by atoms with Gasteiger partial charge in [-0.1, -0.05) is 41.7 Å². The molecule has 1 aromatic carbocycles. The number of phenolic OH excluding ortho intramolecular Hbond substituents is 1. The molecule has 0 aliphatic carbocycles. The normalized spacial score (nSPS) is 10.9. The van der Waals surface area contributed by atoms with Gasteiger partial charge in [-0.2, -0.15) is 5.10 Å². The summed E-state index contributed by atoms with van der Waals surface area (Å²) in [6.45, 7) is 2.52. The van der Waals surface area contributed by atoms with E-state index in [-0.39, 0.29) is 32.3 Å². The molecular weight excluding hydrogens is 403 g/mol. The molecular formula is C16H15Cl3N4O3. The lowest BCUT2D eigenvalue weighted by atomic mass is 10.2. The van der Waals surface area contributed by atoms with Gasteiger partial charge >= 0.3 is 0 Å². The van der Waals surface area contributed by atoms with Crippen molar-refractivity contribution in [3.05, 3.63) is 44.7 Å². The predicted octanol–water partition coefficient (Wildman–Crippen LogP) is 3.88. The molecule has 1 amide bonds. The van der Waals surface area contributed by atoms with Gasteiger partial charge in [0.05, 0.1) is 23.5 Å². The zero-order valence-electron chi connectivity index (χ0n) is 13.6. The minimum Gasteiger partial charge on any atom is -0.507 e. The van der Waals surface area contributed by atoms with Gasteiger partial charge in [0.15, 0.2) is 10.8 Å². The molecule has 0 fully saturated rings. The smallest absolute Gasteiger partial charge is 0.291 e. The number of nitrogen functional groups attached to an aromatic ring is 1. The summed E-state index contributed by atoms with van der Waals surface area (Å²) in [6, 6.07) is 4.73. The van der Waals surface area contributed by atoms with E-state index in [4.69, 9.17) is 45.3 Å². The van der Waals surface area contributed by atoms with Crippen LogP contribution in [0.1, 0.15) is 29.4 Å². The fourth-order valence-corrected chi connectivity index (χ4v) is 2.43. The number of nitrogens with one attached hydrogen (secondary N) is 1. The van der Waals surface area contributed by atoms with E-state index in [0.717, 1.165) is 6.42 Å². The third-order valence-electron chi connectivity index (χ3n) is 3.13. The first kappa shape index (κ1) is 20.1. The van der Waals surface area contributed by atoms with Crippen molar-refractivity contribution in [3.63, 3.8) is 0 Å².